The van der Waals surface area contributed by atoms with Crippen LogP contribution in [0.2, 0.25) is 0 Å². The van der Waals surface area contributed by atoms with E-state index in [0.717, 1.165) is 10.3 Å². The lowest BCUT2D eigenvalue weighted by Crippen LogP contribution is -2.09. The summed E-state index contributed by atoms with van der Waals surface area (Å²) in [6.45, 7) is 1.81. The van der Waals surface area contributed by atoms with E-state index in [2.05, 4.69) is 26.2 Å². The number of nitrogens with zero attached hydrogens (tertiary/aromatic N) is 1. The van der Waals surface area contributed by atoms with Gasteiger partial charge < -0.3 is 5.32 Å². The molecule has 0 unspecified atom stereocenters. The SMILES string of the molecule is CCC(=O)Nc1ccnc(Br)c1. The third-order valence-electron chi connectivity index (χ3n) is 1.33. The van der Waals surface area contributed by atoms with Crippen molar-refractivity contribution < 1.29 is 4.79 Å². The van der Waals surface area contributed by atoms with Crippen LogP contribution in [0.15, 0.2) is 22.9 Å². The molecule has 0 aliphatic heterocycles. The van der Waals surface area contributed by atoms with Crippen molar-refractivity contribution in [1.29, 1.82) is 0 Å². The highest BCUT2D eigenvalue weighted by Gasteiger charge is 1.98. The van der Waals surface area contributed by atoms with Crippen molar-refractivity contribution in [3.05, 3.63) is 22.9 Å². The third kappa shape index (κ3) is 2.62. The molecule has 0 aromatic carbocycles. The number of hydrogen-bond donors (Lipinski definition) is 1. The molecule has 1 heterocycles. The summed E-state index contributed by atoms with van der Waals surface area (Å²) in [5.74, 6) is 0.00750. The van der Waals surface area contributed by atoms with Gasteiger partial charge in [-0.3, -0.25) is 4.79 Å². The summed E-state index contributed by atoms with van der Waals surface area (Å²) in [5, 5.41) is 2.72. The molecule has 0 atom stereocenters. The molecule has 1 aromatic rings. The number of amides is 1. The molecule has 0 bridgehead atoms. The molecule has 3 nitrogen and oxygen atoms in total. The van der Waals surface area contributed by atoms with Crippen molar-refractivity contribution in [3.63, 3.8) is 0 Å². The van der Waals surface area contributed by atoms with Gasteiger partial charge in [0.25, 0.3) is 0 Å². The lowest BCUT2D eigenvalue weighted by Gasteiger charge is -2.01. The maximum absolute atomic E-state index is 10.9. The molecule has 4 heteroatoms. The number of halogens is 1. The average molecular weight is 229 g/mol. The fraction of sp³-hybridized carbons (Fsp3) is 0.250. The van der Waals surface area contributed by atoms with Crippen molar-refractivity contribution in [3.8, 4) is 0 Å². The van der Waals surface area contributed by atoms with Gasteiger partial charge in [-0.15, -0.1) is 0 Å². The van der Waals surface area contributed by atoms with Gasteiger partial charge in [-0.2, -0.15) is 0 Å². The molecule has 1 N–H and O–H groups in total. The molecule has 0 spiro atoms. The van der Waals surface area contributed by atoms with Gasteiger partial charge in [0.15, 0.2) is 0 Å². The fourth-order valence-corrected chi connectivity index (χ4v) is 1.09. The van der Waals surface area contributed by atoms with E-state index in [1.165, 1.54) is 0 Å². The summed E-state index contributed by atoms with van der Waals surface area (Å²) in [7, 11) is 0. The van der Waals surface area contributed by atoms with Crippen LogP contribution >= 0.6 is 15.9 Å². The summed E-state index contributed by atoms with van der Waals surface area (Å²) in [6, 6.07) is 3.51. The van der Waals surface area contributed by atoms with Crippen molar-refractivity contribution in [2.45, 2.75) is 13.3 Å². The minimum absolute atomic E-state index is 0.00750. The molecule has 1 aromatic heterocycles. The predicted octanol–water partition coefficient (Wildman–Crippen LogP) is 2.19. The number of anilines is 1. The molecule has 0 saturated heterocycles. The Balaban J connectivity index is 2.69. The highest BCUT2D eigenvalue weighted by atomic mass is 79.9. The zero-order valence-electron chi connectivity index (χ0n) is 6.67. The number of nitrogens with one attached hydrogen (secondary N) is 1. The quantitative estimate of drug-likeness (QED) is 0.789. The zero-order chi connectivity index (χ0) is 8.97. The molecule has 12 heavy (non-hydrogen) atoms. The number of carbonyl (C=O) groups is 1. The van der Waals surface area contributed by atoms with Gasteiger partial charge in [-0.1, -0.05) is 6.92 Å². The lowest BCUT2D eigenvalue weighted by molar-refractivity contribution is -0.115. The summed E-state index contributed by atoms with van der Waals surface area (Å²) in [6.07, 6.45) is 2.12. The van der Waals surface area contributed by atoms with Crippen molar-refractivity contribution >= 4 is 27.5 Å². The molecule has 0 radical (unpaired) electrons. The topological polar surface area (TPSA) is 42.0 Å². The summed E-state index contributed by atoms with van der Waals surface area (Å²) in [5.41, 5.74) is 0.767. The average Bonchev–Trinajstić information content (AvgIpc) is 2.04. The first-order valence-corrected chi connectivity index (χ1v) is 4.43. The second-order valence-corrected chi connectivity index (χ2v) is 3.08. The Hall–Kier alpha value is -0.900. The minimum atomic E-state index is 0.00750. The molecule has 0 aliphatic carbocycles. The van der Waals surface area contributed by atoms with Crippen LogP contribution in [0, 0.1) is 0 Å². The third-order valence-corrected chi connectivity index (χ3v) is 1.77. The van der Waals surface area contributed by atoms with E-state index in [-0.39, 0.29) is 5.91 Å². The molecule has 0 saturated carbocycles. The highest BCUT2D eigenvalue weighted by Crippen LogP contribution is 2.12. The van der Waals surface area contributed by atoms with Crippen molar-refractivity contribution in [2.24, 2.45) is 0 Å². The molecule has 0 aliphatic rings. The van der Waals surface area contributed by atoms with Gasteiger partial charge in [-0.25, -0.2) is 4.98 Å². The van der Waals surface area contributed by atoms with Crippen LogP contribution < -0.4 is 5.32 Å². The minimum Gasteiger partial charge on any atom is -0.326 e. The van der Waals surface area contributed by atoms with E-state index in [1.807, 2.05) is 6.92 Å². The van der Waals surface area contributed by atoms with Crippen molar-refractivity contribution in [1.82, 2.24) is 4.98 Å². The Morgan fingerprint density at radius 2 is 2.50 bits per heavy atom. The molecule has 0 fully saturated rings. The summed E-state index contributed by atoms with van der Waals surface area (Å²) < 4.78 is 0.719. The summed E-state index contributed by atoms with van der Waals surface area (Å²) >= 11 is 3.21. The Bertz CT molecular complexity index is 288. The molecule has 1 amide bonds. The second-order valence-electron chi connectivity index (χ2n) is 2.27. The van der Waals surface area contributed by atoms with Crippen LogP contribution in [0.25, 0.3) is 0 Å². The number of aromatic nitrogens is 1. The van der Waals surface area contributed by atoms with Crippen LogP contribution in [0.3, 0.4) is 0 Å². The zero-order valence-corrected chi connectivity index (χ0v) is 8.26. The smallest absolute Gasteiger partial charge is 0.224 e. The van der Waals surface area contributed by atoms with Gasteiger partial charge in [-0.05, 0) is 28.1 Å². The van der Waals surface area contributed by atoms with E-state index in [9.17, 15) is 4.79 Å². The fourth-order valence-electron chi connectivity index (χ4n) is 0.730. The maximum Gasteiger partial charge on any atom is 0.224 e. The second kappa shape index (κ2) is 4.21. The van der Waals surface area contributed by atoms with Gasteiger partial charge in [0.2, 0.25) is 5.91 Å². The largest absolute Gasteiger partial charge is 0.326 e. The van der Waals surface area contributed by atoms with Gasteiger partial charge in [0.1, 0.15) is 4.60 Å². The van der Waals surface area contributed by atoms with Gasteiger partial charge in [0.05, 0.1) is 0 Å². The van der Waals surface area contributed by atoms with Crippen LogP contribution in [-0.4, -0.2) is 10.9 Å². The highest BCUT2D eigenvalue weighted by molar-refractivity contribution is 9.10. The Kier molecular flexibility index (Phi) is 3.22. The lowest BCUT2D eigenvalue weighted by atomic mass is 10.4. The monoisotopic (exact) mass is 228 g/mol. The predicted molar refractivity (Wildman–Crippen MR) is 50.9 cm³/mol. The van der Waals surface area contributed by atoms with Crippen LogP contribution in [-0.2, 0) is 4.79 Å². The maximum atomic E-state index is 10.9. The van der Waals surface area contributed by atoms with Gasteiger partial charge >= 0.3 is 0 Å². The first-order chi connectivity index (χ1) is 5.72. The van der Waals surface area contributed by atoms with Crippen molar-refractivity contribution in [2.75, 3.05) is 5.32 Å². The number of rotatable bonds is 2. The summed E-state index contributed by atoms with van der Waals surface area (Å²) in [4.78, 5) is 14.9. The molecular formula is C8H9BrN2O. The first-order valence-electron chi connectivity index (χ1n) is 3.63. The van der Waals surface area contributed by atoms with E-state index >= 15 is 0 Å². The standard InChI is InChI=1S/C8H9BrN2O/c1-2-8(12)11-6-3-4-10-7(9)5-6/h3-5H,2H2,1H3,(H,10,11,12). The Labute approximate surface area is 79.3 Å². The van der Waals surface area contributed by atoms with Crippen LogP contribution in [0.1, 0.15) is 13.3 Å². The number of pyridine rings is 1. The van der Waals surface area contributed by atoms with Crippen LogP contribution in [0.5, 0.6) is 0 Å². The first kappa shape index (κ1) is 9.19. The molecular weight excluding hydrogens is 220 g/mol. The molecule has 64 valence electrons. The molecule has 1 rings (SSSR count). The normalized spacial score (nSPS) is 9.50. The Morgan fingerprint density at radius 3 is 3.08 bits per heavy atom. The number of carbonyl (C=O) groups excluding carboxylic acids is 1. The van der Waals surface area contributed by atoms with E-state index in [0.29, 0.717) is 6.42 Å². The van der Waals surface area contributed by atoms with Crippen LogP contribution in [0.4, 0.5) is 5.69 Å². The van der Waals surface area contributed by atoms with E-state index in [1.54, 1.807) is 18.3 Å². The van der Waals surface area contributed by atoms with E-state index < -0.39 is 0 Å². The van der Waals surface area contributed by atoms with E-state index in [4.69, 9.17) is 0 Å². The number of hydrogen-bond acceptors (Lipinski definition) is 2. The Morgan fingerprint density at radius 1 is 1.75 bits per heavy atom. The van der Waals surface area contributed by atoms with Gasteiger partial charge in [0, 0.05) is 18.3 Å².